The first-order chi connectivity index (χ1) is 9.94. The number of nitrogens with zero attached hydrogens (tertiary/aromatic N) is 1. The lowest BCUT2D eigenvalue weighted by Crippen LogP contribution is -2.37. The van der Waals surface area contributed by atoms with E-state index in [-0.39, 0.29) is 29.6 Å². The van der Waals surface area contributed by atoms with Crippen molar-refractivity contribution in [3.05, 3.63) is 40.9 Å². The third-order valence-electron chi connectivity index (χ3n) is 5.53. The highest BCUT2D eigenvalue weighted by atomic mass is 35.5. The Morgan fingerprint density at radius 1 is 1.29 bits per heavy atom. The number of amides is 2. The summed E-state index contributed by atoms with van der Waals surface area (Å²) in [7, 11) is 0. The number of aryl methyl sites for hydroxylation is 1. The Labute approximate surface area is 128 Å². The number of rotatable bonds is 1. The van der Waals surface area contributed by atoms with Crippen molar-refractivity contribution in [1.82, 2.24) is 0 Å². The van der Waals surface area contributed by atoms with Crippen LogP contribution in [0.1, 0.15) is 18.9 Å². The van der Waals surface area contributed by atoms with Gasteiger partial charge in [0.05, 0.1) is 17.0 Å². The van der Waals surface area contributed by atoms with Crippen LogP contribution in [0.5, 0.6) is 0 Å². The molecule has 0 unspecified atom stereocenters. The average molecular weight is 302 g/mol. The predicted molar refractivity (Wildman–Crippen MR) is 81.0 cm³/mol. The summed E-state index contributed by atoms with van der Waals surface area (Å²) in [6.07, 6.45) is 5.15. The van der Waals surface area contributed by atoms with Crippen LogP contribution in [0.25, 0.3) is 0 Å². The van der Waals surface area contributed by atoms with E-state index in [9.17, 15) is 9.59 Å². The van der Waals surface area contributed by atoms with Gasteiger partial charge < -0.3 is 0 Å². The zero-order valence-electron chi connectivity index (χ0n) is 12.0. The average Bonchev–Trinajstić information content (AvgIpc) is 3.07. The Morgan fingerprint density at radius 2 is 2.05 bits per heavy atom. The molecule has 1 aliphatic heterocycles. The monoisotopic (exact) mass is 301 g/mol. The van der Waals surface area contributed by atoms with E-state index in [0.29, 0.717) is 10.7 Å². The number of hydrogen-bond acceptors (Lipinski definition) is 2. The van der Waals surface area contributed by atoms with Gasteiger partial charge in [-0.1, -0.05) is 29.8 Å². The number of benzene rings is 1. The third-order valence-corrected chi connectivity index (χ3v) is 5.93. The standard InChI is InChI=1S/C17H16ClNO2/c1-9-3-6-12(8-13(9)18)19-15(20)14-10-4-5-11(7-10)17(14,2)16(19)21/h3-6,8,10-11,14H,7H2,1-2H3/t10-,11-,14-,17-/m0/s1. The summed E-state index contributed by atoms with van der Waals surface area (Å²) in [5.74, 6) is 0.0471. The topological polar surface area (TPSA) is 37.4 Å². The van der Waals surface area contributed by atoms with Gasteiger partial charge in [-0.15, -0.1) is 0 Å². The van der Waals surface area contributed by atoms with Crippen LogP contribution in [-0.2, 0) is 9.59 Å². The molecule has 2 aliphatic carbocycles. The molecule has 1 saturated heterocycles. The molecule has 4 rings (SSSR count). The number of carbonyl (C=O) groups excluding carboxylic acids is 2. The maximum Gasteiger partial charge on any atom is 0.241 e. The van der Waals surface area contributed by atoms with Crippen molar-refractivity contribution < 1.29 is 9.59 Å². The lowest BCUT2D eigenvalue weighted by molar-refractivity contribution is -0.127. The van der Waals surface area contributed by atoms with Crippen molar-refractivity contribution >= 4 is 29.1 Å². The van der Waals surface area contributed by atoms with Crippen LogP contribution in [0, 0.1) is 30.1 Å². The highest BCUT2D eigenvalue weighted by molar-refractivity contribution is 6.32. The Hall–Kier alpha value is -1.61. The molecule has 21 heavy (non-hydrogen) atoms. The molecule has 0 spiro atoms. The van der Waals surface area contributed by atoms with E-state index in [1.54, 1.807) is 12.1 Å². The van der Waals surface area contributed by atoms with Crippen molar-refractivity contribution in [1.29, 1.82) is 0 Å². The molecule has 1 heterocycles. The molecule has 3 nitrogen and oxygen atoms in total. The van der Waals surface area contributed by atoms with Gasteiger partial charge in [0.15, 0.2) is 0 Å². The lowest BCUT2D eigenvalue weighted by atomic mass is 9.71. The van der Waals surface area contributed by atoms with Gasteiger partial charge in [0.1, 0.15) is 0 Å². The van der Waals surface area contributed by atoms with Crippen LogP contribution in [0.3, 0.4) is 0 Å². The first-order valence-electron chi connectivity index (χ1n) is 7.27. The fourth-order valence-electron chi connectivity index (χ4n) is 4.27. The lowest BCUT2D eigenvalue weighted by Gasteiger charge is -2.28. The zero-order chi connectivity index (χ0) is 14.9. The zero-order valence-corrected chi connectivity index (χ0v) is 12.7. The van der Waals surface area contributed by atoms with Gasteiger partial charge >= 0.3 is 0 Å². The summed E-state index contributed by atoms with van der Waals surface area (Å²) < 4.78 is 0. The Balaban J connectivity index is 1.81. The highest BCUT2D eigenvalue weighted by Gasteiger charge is 2.67. The van der Waals surface area contributed by atoms with Gasteiger partial charge in [-0.05, 0) is 49.8 Å². The summed E-state index contributed by atoms with van der Waals surface area (Å²) in [6.45, 7) is 3.85. The summed E-state index contributed by atoms with van der Waals surface area (Å²) in [5.41, 5.74) is 0.955. The summed E-state index contributed by atoms with van der Waals surface area (Å²) in [5, 5.41) is 0.580. The second-order valence-electron chi connectivity index (χ2n) is 6.56. The summed E-state index contributed by atoms with van der Waals surface area (Å²) >= 11 is 6.15. The maximum atomic E-state index is 12.9. The van der Waals surface area contributed by atoms with Gasteiger partial charge in [0, 0.05) is 5.02 Å². The minimum atomic E-state index is -0.576. The number of imide groups is 1. The van der Waals surface area contributed by atoms with Crippen LogP contribution < -0.4 is 4.90 Å². The van der Waals surface area contributed by atoms with Gasteiger partial charge in [-0.3, -0.25) is 9.59 Å². The normalized spacial score (nSPS) is 36.7. The highest BCUT2D eigenvalue weighted by Crippen LogP contribution is 2.60. The second kappa shape index (κ2) is 3.98. The quantitative estimate of drug-likeness (QED) is 0.589. The van der Waals surface area contributed by atoms with Crippen LogP contribution in [0.4, 0.5) is 5.69 Å². The fraction of sp³-hybridized carbons (Fsp3) is 0.412. The van der Waals surface area contributed by atoms with Gasteiger partial charge in [0.2, 0.25) is 11.8 Å². The van der Waals surface area contributed by atoms with E-state index in [4.69, 9.17) is 11.6 Å². The maximum absolute atomic E-state index is 12.9. The minimum absolute atomic E-state index is 0.0701. The number of allylic oxidation sites excluding steroid dienone is 2. The fourth-order valence-corrected chi connectivity index (χ4v) is 4.45. The van der Waals surface area contributed by atoms with E-state index < -0.39 is 5.41 Å². The molecule has 2 fully saturated rings. The predicted octanol–water partition coefficient (Wildman–Crippen LogP) is 3.35. The summed E-state index contributed by atoms with van der Waals surface area (Å²) in [4.78, 5) is 27.1. The van der Waals surface area contributed by atoms with Gasteiger partial charge in [-0.25, -0.2) is 4.90 Å². The number of carbonyl (C=O) groups is 2. The van der Waals surface area contributed by atoms with Crippen molar-refractivity contribution in [3.8, 4) is 0 Å². The van der Waals surface area contributed by atoms with Crippen molar-refractivity contribution in [2.75, 3.05) is 4.90 Å². The van der Waals surface area contributed by atoms with E-state index in [1.165, 1.54) is 4.90 Å². The summed E-state index contributed by atoms with van der Waals surface area (Å²) in [6, 6.07) is 5.37. The van der Waals surface area contributed by atoms with E-state index in [2.05, 4.69) is 12.2 Å². The molecule has 4 atom stereocenters. The Kier molecular flexibility index (Phi) is 2.48. The molecule has 1 saturated carbocycles. The minimum Gasteiger partial charge on any atom is -0.274 e. The van der Waals surface area contributed by atoms with Crippen molar-refractivity contribution in [2.45, 2.75) is 20.3 Å². The molecule has 3 aliphatic rings. The first kappa shape index (κ1) is 13.1. The van der Waals surface area contributed by atoms with E-state index in [1.807, 2.05) is 19.9 Å². The Bertz CT molecular complexity index is 711. The van der Waals surface area contributed by atoms with E-state index in [0.717, 1.165) is 12.0 Å². The van der Waals surface area contributed by atoms with Gasteiger partial charge in [-0.2, -0.15) is 0 Å². The molecule has 4 heteroatoms. The van der Waals surface area contributed by atoms with Crippen LogP contribution in [0.15, 0.2) is 30.4 Å². The first-order valence-corrected chi connectivity index (χ1v) is 7.65. The smallest absolute Gasteiger partial charge is 0.241 e. The second-order valence-corrected chi connectivity index (χ2v) is 6.97. The molecule has 0 aromatic heterocycles. The molecular weight excluding hydrogens is 286 g/mol. The van der Waals surface area contributed by atoms with Gasteiger partial charge in [0.25, 0.3) is 0 Å². The molecule has 108 valence electrons. The number of anilines is 1. The molecule has 2 bridgehead atoms. The van der Waals surface area contributed by atoms with Crippen molar-refractivity contribution in [2.24, 2.45) is 23.2 Å². The SMILES string of the molecule is Cc1ccc(N2C(=O)[C@@H]3[C@H]4C=C[C@@H](C4)[C@]3(C)C2=O)cc1Cl. The molecule has 2 amide bonds. The molecular formula is C17H16ClNO2. The molecule has 1 aromatic carbocycles. The number of fused-ring (bicyclic) bond motifs is 5. The number of hydrogen-bond donors (Lipinski definition) is 0. The van der Waals surface area contributed by atoms with Crippen LogP contribution in [0.2, 0.25) is 5.02 Å². The molecule has 0 radical (unpaired) electrons. The molecule has 0 N–H and O–H groups in total. The van der Waals surface area contributed by atoms with Crippen molar-refractivity contribution in [3.63, 3.8) is 0 Å². The van der Waals surface area contributed by atoms with Crippen LogP contribution >= 0.6 is 11.6 Å². The van der Waals surface area contributed by atoms with E-state index >= 15 is 0 Å². The third kappa shape index (κ3) is 1.45. The molecule has 1 aromatic rings. The van der Waals surface area contributed by atoms with Crippen LogP contribution in [-0.4, -0.2) is 11.8 Å². The Morgan fingerprint density at radius 3 is 2.71 bits per heavy atom. The number of halogens is 1. The largest absolute Gasteiger partial charge is 0.274 e.